The molecule has 2 fully saturated rings. The molecule has 96 valence electrons. The molecular weight excluding hydrogens is 238 g/mol. The van der Waals surface area contributed by atoms with Crippen LogP contribution in [0.5, 0.6) is 0 Å². The molecule has 18 heavy (non-hydrogen) atoms. The predicted octanol–water partition coefficient (Wildman–Crippen LogP) is 2.17. The number of rotatable bonds is 1. The number of carbonyl (C=O) groups is 1. The number of carbonyl (C=O) groups excluding carboxylic acids is 1. The average Bonchev–Trinajstić information content (AvgIpc) is 2.94. The zero-order chi connectivity index (χ0) is 12.9. The Morgan fingerprint density at radius 2 is 2.11 bits per heavy atom. The highest BCUT2D eigenvalue weighted by Gasteiger charge is 2.41. The van der Waals surface area contributed by atoms with Crippen molar-refractivity contribution in [3.63, 3.8) is 0 Å². The van der Waals surface area contributed by atoms with Gasteiger partial charge in [0.05, 0.1) is 11.3 Å². The molecule has 0 spiro atoms. The lowest BCUT2D eigenvalue weighted by molar-refractivity contribution is 0.0698. The van der Waals surface area contributed by atoms with Gasteiger partial charge in [0, 0.05) is 12.6 Å². The summed E-state index contributed by atoms with van der Waals surface area (Å²) in [6, 6.07) is 2.01. The van der Waals surface area contributed by atoms with Gasteiger partial charge in [0.1, 0.15) is 5.82 Å². The van der Waals surface area contributed by atoms with Crippen molar-refractivity contribution in [3.8, 4) is 0 Å². The number of nitrogens with two attached hydrogens (primary N) is 1. The highest BCUT2D eigenvalue weighted by molar-refractivity contribution is 5.96. The number of likely N-dealkylation sites (tertiary alicyclic amines) is 1. The number of benzene rings is 1. The molecule has 1 saturated carbocycles. The predicted molar refractivity (Wildman–Crippen MR) is 62.9 cm³/mol. The van der Waals surface area contributed by atoms with E-state index in [0.717, 1.165) is 31.4 Å². The minimum absolute atomic E-state index is 0.186. The fourth-order valence-corrected chi connectivity index (χ4v) is 3.09. The summed E-state index contributed by atoms with van der Waals surface area (Å²) in [5, 5.41) is 0. The molecule has 0 aromatic heterocycles. The second kappa shape index (κ2) is 3.93. The van der Waals surface area contributed by atoms with Crippen LogP contribution in [0.2, 0.25) is 0 Å². The average molecular weight is 252 g/mol. The van der Waals surface area contributed by atoms with Gasteiger partial charge in [-0.3, -0.25) is 4.79 Å². The molecule has 1 aromatic rings. The van der Waals surface area contributed by atoms with Crippen molar-refractivity contribution >= 4 is 11.6 Å². The normalized spacial score (nSPS) is 25.8. The van der Waals surface area contributed by atoms with Gasteiger partial charge >= 0.3 is 0 Å². The highest BCUT2D eigenvalue weighted by Crippen LogP contribution is 2.38. The zero-order valence-corrected chi connectivity index (χ0v) is 9.83. The summed E-state index contributed by atoms with van der Waals surface area (Å²) in [5.41, 5.74) is 4.78. The van der Waals surface area contributed by atoms with Crippen LogP contribution in [0.4, 0.5) is 14.5 Å². The molecule has 2 bridgehead atoms. The molecule has 2 unspecified atom stereocenters. The number of nitrogens with zero attached hydrogens (tertiary/aromatic N) is 1. The van der Waals surface area contributed by atoms with Gasteiger partial charge in [-0.25, -0.2) is 8.78 Å². The van der Waals surface area contributed by atoms with Gasteiger partial charge in [0.15, 0.2) is 5.82 Å². The Kier molecular flexibility index (Phi) is 2.50. The van der Waals surface area contributed by atoms with Gasteiger partial charge in [-0.15, -0.1) is 0 Å². The zero-order valence-electron chi connectivity index (χ0n) is 9.83. The van der Waals surface area contributed by atoms with Crippen molar-refractivity contribution in [2.24, 2.45) is 5.92 Å². The van der Waals surface area contributed by atoms with Crippen molar-refractivity contribution < 1.29 is 13.6 Å². The minimum atomic E-state index is -0.816. The van der Waals surface area contributed by atoms with E-state index in [1.807, 2.05) is 0 Å². The maximum absolute atomic E-state index is 13.8. The van der Waals surface area contributed by atoms with Crippen LogP contribution in [0.3, 0.4) is 0 Å². The number of amides is 1. The third kappa shape index (κ3) is 1.65. The first-order chi connectivity index (χ1) is 8.56. The van der Waals surface area contributed by atoms with Gasteiger partial charge in [-0.1, -0.05) is 0 Å². The molecule has 3 nitrogen and oxygen atoms in total. The SMILES string of the molecule is Nc1cc(F)cc(C(=O)N2CC3CCC2C3)c1F. The lowest BCUT2D eigenvalue weighted by Gasteiger charge is -2.27. The number of anilines is 1. The van der Waals surface area contributed by atoms with Crippen LogP contribution >= 0.6 is 0 Å². The number of hydrogen-bond donors (Lipinski definition) is 1. The van der Waals surface area contributed by atoms with E-state index in [1.165, 1.54) is 0 Å². The first-order valence-electron chi connectivity index (χ1n) is 6.11. The van der Waals surface area contributed by atoms with Gasteiger partial charge in [0.2, 0.25) is 0 Å². The van der Waals surface area contributed by atoms with Crippen molar-refractivity contribution in [3.05, 3.63) is 29.3 Å². The Morgan fingerprint density at radius 1 is 1.33 bits per heavy atom. The number of nitrogen functional groups attached to an aromatic ring is 1. The standard InChI is InChI=1S/C13H14F2N2O/c14-8-4-10(12(15)11(16)5-8)13(18)17-6-7-1-2-9(17)3-7/h4-5,7,9H,1-3,6,16H2. The molecule has 1 amide bonds. The van der Waals surface area contributed by atoms with Crippen LogP contribution in [0.1, 0.15) is 29.6 Å². The largest absolute Gasteiger partial charge is 0.396 e. The molecule has 1 aliphatic heterocycles. The third-order valence-electron chi connectivity index (χ3n) is 3.97. The quantitative estimate of drug-likeness (QED) is 0.779. The summed E-state index contributed by atoms with van der Waals surface area (Å²) in [6.07, 6.45) is 3.07. The van der Waals surface area contributed by atoms with Crippen molar-refractivity contribution in [2.45, 2.75) is 25.3 Å². The van der Waals surface area contributed by atoms with Gasteiger partial charge < -0.3 is 10.6 Å². The lowest BCUT2D eigenvalue weighted by atomic mass is 10.1. The van der Waals surface area contributed by atoms with E-state index < -0.39 is 17.5 Å². The Labute approximate surface area is 104 Å². The summed E-state index contributed by atoms with van der Waals surface area (Å²) >= 11 is 0. The van der Waals surface area contributed by atoms with Crippen molar-refractivity contribution in [1.82, 2.24) is 4.90 Å². The molecule has 5 heteroatoms. The van der Waals surface area contributed by atoms with E-state index in [9.17, 15) is 13.6 Å². The molecule has 3 rings (SSSR count). The van der Waals surface area contributed by atoms with Crippen LogP contribution in [0.25, 0.3) is 0 Å². The first kappa shape index (κ1) is 11.4. The molecule has 0 radical (unpaired) electrons. The molecular formula is C13H14F2N2O. The smallest absolute Gasteiger partial charge is 0.257 e. The topological polar surface area (TPSA) is 46.3 Å². The Bertz CT molecular complexity index is 518. The molecule has 2 aliphatic rings. The fraction of sp³-hybridized carbons (Fsp3) is 0.462. The van der Waals surface area contributed by atoms with E-state index in [-0.39, 0.29) is 17.3 Å². The molecule has 2 N–H and O–H groups in total. The second-order valence-corrected chi connectivity index (χ2v) is 5.15. The third-order valence-corrected chi connectivity index (χ3v) is 3.97. The summed E-state index contributed by atoms with van der Waals surface area (Å²) in [4.78, 5) is 13.9. The maximum atomic E-state index is 13.8. The summed E-state index contributed by atoms with van der Waals surface area (Å²) in [6.45, 7) is 0.652. The van der Waals surface area contributed by atoms with E-state index in [1.54, 1.807) is 4.90 Å². The van der Waals surface area contributed by atoms with Crippen LogP contribution in [0, 0.1) is 17.6 Å². The molecule has 2 atom stereocenters. The number of hydrogen-bond acceptors (Lipinski definition) is 2. The van der Waals surface area contributed by atoms with Gasteiger partial charge in [0.25, 0.3) is 5.91 Å². The maximum Gasteiger partial charge on any atom is 0.257 e. The molecule has 1 heterocycles. The molecule has 1 aromatic carbocycles. The van der Waals surface area contributed by atoms with Crippen LogP contribution in [-0.2, 0) is 0 Å². The van der Waals surface area contributed by atoms with E-state index >= 15 is 0 Å². The fourth-order valence-electron chi connectivity index (χ4n) is 3.09. The number of fused-ring (bicyclic) bond motifs is 2. The van der Waals surface area contributed by atoms with Crippen LogP contribution in [-0.4, -0.2) is 23.4 Å². The van der Waals surface area contributed by atoms with E-state index in [4.69, 9.17) is 5.73 Å². The number of halogens is 2. The van der Waals surface area contributed by atoms with E-state index in [2.05, 4.69) is 0 Å². The van der Waals surface area contributed by atoms with Crippen LogP contribution < -0.4 is 5.73 Å². The van der Waals surface area contributed by atoms with E-state index in [0.29, 0.717) is 12.5 Å². The Morgan fingerprint density at radius 3 is 2.72 bits per heavy atom. The summed E-state index contributed by atoms with van der Waals surface area (Å²) < 4.78 is 27.0. The van der Waals surface area contributed by atoms with Gasteiger partial charge in [-0.2, -0.15) is 0 Å². The van der Waals surface area contributed by atoms with Crippen molar-refractivity contribution in [1.29, 1.82) is 0 Å². The van der Waals surface area contributed by atoms with Crippen molar-refractivity contribution in [2.75, 3.05) is 12.3 Å². The molecule has 1 saturated heterocycles. The number of piperidine rings is 1. The minimum Gasteiger partial charge on any atom is -0.396 e. The lowest BCUT2D eigenvalue weighted by Crippen LogP contribution is -2.38. The van der Waals surface area contributed by atoms with Crippen LogP contribution in [0.15, 0.2) is 12.1 Å². The second-order valence-electron chi connectivity index (χ2n) is 5.15. The highest BCUT2D eigenvalue weighted by atomic mass is 19.1. The summed E-state index contributed by atoms with van der Waals surface area (Å²) in [5.74, 6) is -1.41. The Balaban J connectivity index is 1.93. The monoisotopic (exact) mass is 252 g/mol. The first-order valence-corrected chi connectivity index (χ1v) is 6.11. The Hall–Kier alpha value is -1.65. The van der Waals surface area contributed by atoms with Gasteiger partial charge in [-0.05, 0) is 37.3 Å². The summed E-state index contributed by atoms with van der Waals surface area (Å²) in [7, 11) is 0. The molecule has 1 aliphatic carbocycles.